The molecule has 1 aliphatic heterocycles. The molecule has 2 rings (SSSR count). The third-order valence-electron chi connectivity index (χ3n) is 4.08. The van der Waals surface area contributed by atoms with Crippen LogP contribution in [0.4, 0.5) is 10.6 Å². The quantitative estimate of drug-likeness (QED) is 0.867. The number of hydrogen-bond acceptors (Lipinski definition) is 5. The van der Waals surface area contributed by atoms with Gasteiger partial charge in [-0.3, -0.25) is 10.1 Å². The smallest absolute Gasteiger partial charge is 0.323 e. The predicted octanol–water partition coefficient (Wildman–Crippen LogP) is 2.57. The number of nitrogens with zero attached hydrogens (tertiary/aromatic N) is 2. The molecule has 1 N–H and O–H groups in total. The second kappa shape index (κ2) is 6.81. The average Bonchev–Trinajstić information content (AvgIpc) is 2.84. The Kier molecular flexibility index (Phi) is 5.05. The molecule has 0 radical (unpaired) electrons. The zero-order valence-corrected chi connectivity index (χ0v) is 13.5. The van der Waals surface area contributed by atoms with Crippen molar-refractivity contribution in [2.24, 2.45) is 5.92 Å². The van der Waals surface area contributed by atoms with Gasteiger partial charge in [0, 0.05) is 18.2 Å². The Balaban J connectivity index is 2.09. The van der Waals surface area contributed by atoms with Gasteiger partial charge in [-0.15, -0.1) is 0 Å². The van der Waals surface area contributed by atoms with Crippen molar-refractivity contribution in [3.63, 3.8) is 0 Å². The number of aryl methyl sites for hydroxylation is 1. The van der Waals surface area contributed by atoms with E-state index in [1.54, 1.807) is 24.8 Å². The van der Waals surface area contributed by atoms with Gasteiger partial charge in [-0.25, -0.2) is 4.79 Å². The number of amides is 2. The molecule has 1 saturated heterocycles. The lowest BCUT2D eigenvalue weighted by molar-refractivity contribution is -0.151. The number of esters is 1. The third kappa shape index (κ3) is 3.40. The van der Waals surface area contributed by atoms with Crippen molar-refractivity contribution in [2.45, 2.75) is 52.6 Å². The van der Waals surface area contributed by atoms with Crippen molar-refractivity contribution in [2.75, 3.05) is 11.9 Å². The van der Waals surface area contributed by atoms with Crippen molar-refractivity contribution in [1.82, 2.24) is 10.1 Å². The normalized spacial score (nSPS) is 24.9. The highest BCUT2D eigenvalue weighted by Crippen LogP contribution is 2.29. The van der Waals surface area contributed by atoms with Crippen LogP contribution in [0.2, 0.25) is 0 Å². The number of hydrogen-bond donors (Lipinski definition) is 1. The van der Waals surface area contributed by atoms with E-state index in [2.05, 4.69) is 10.5 Å². The second-order valence-electron chi connectivity index (χ2n) is 5.69. The molecule has 0 spiro atoms. The minimum Gasteiger partial charge on any atom is -0.466 e. The molecule has 1 aromatic heterocycles. The molecule has 0 bridgehead atoms. The summed E-state index contributed by atoms with van der Waals surface area (Å²) in [5.74, 6) is 0.470. The summed E-state index contributed by atoms with van der Waals surface area (Å²) in [5.41, 5.74) is 0. The van der Waals surface area contributed by atoms with Crippen molar-refractivity contribution in [3.8, 4) is 0 Å². The minimum absolute atomic E-state index is 0.0497. The SMILES string of the molecule is CCOC(=O)[C@@H]1CC[C@H](C)N(C(=O)Nc2cc(C)on2)[C@@H]1C. The van der Waals surface area contributed by atoms with Crippen molar-refractivity contribution >= 4 is 17.8 Å². The highest BCUT2D eigenvalue weighted by Gasteiger charge is 2.39. The van der Waals surface area contributed by atoms with Gasteiger partial charge < -0.3 is 14.2 Å². The standard InChI is InChI=1S/C15H23N3O4/c1-5-21-14(19)12-7-6-9(2)18(11(12)4)15(20)16-13-8-10(3)22-17-13/h8-9,11-12H,5-7H2,1-4H3,(H,16,17,20)/t9-,11+,12+/m0/s1. The summed E-state index contributed by atoms with van der Waals surface area (Å²) in [6.07, 6.45) is 1.49. The highest BCUT2D eigenvalue weighted by atomic mass is 16.5. The molecule has 2 amide bonds. The first-order valence-electron chi connectivity index (χ1n) is 7.63. The van der Waals surface area contributed by atoms with Crippen molar-refractivity contribution in [3.05, 3.63) is 11.8 Å². The van der Waals surface area contributed by atoms with Gasteiger partial charge in [-0.2, -0.15) is 0 Å². The van der Waals surface area contributed by atoms with Crippen LogP contribution in [0, 0.1) is 12.8 Å². The molecule has 1 fully saturated rings. The lowest BCUT2D eigenvalue weighted by atomic mass is 9.87. The number of anilines is 1. The predicted molar refractivity (Wildman–Crippen MR) is 80.4 cm³/mol. The molecule has 2 heterocycles. The summed E-state index contributed by atoms with van der Waals surface area (Å²) in [5, 5.41) is 6.47. The fourth-order valence-corrected chi connectivity index (χ4v) is 2.94. The number of carbonyl (C=O) groups is 2. The molecule has 0 aromatic carbocycles. The van der Waals surface area contributed by atoms with Gasteiger partial charge in [0.15, 0.2) is 5.82 Å². The fourth-order valence-electron chi connectivity index (χ4n) is 2.94. The van der Waals surface area contributed by atoms with Crippen LogP contribution >= 0.6 is 0 Å². The topological polar surface area (TPSA) is 84.7 Å². The van der Waals surface area contributed by atoms with Gasteiger partial charge >= 0.3 is 12.0 Å². The van der Waals surface area contributed by atoms with Crippen LogP contribution < -0.4 is 5.32 Å². The van der Waals surface area contributed by atoms with E-state index < -0.39 is 0 Å². The largest absolute Gasteiger partial charge is 0.466 e. The van der Waals surface area contributed by atoms with Crippen molar-refractivity contribution in [1.29, 1.82) is 0 Å². The lowest BCUT2D eigenvalue weighted by Crippen LogP contribution is -2.54. The molecule has 0 unspecified atom stereocenters. The Labute approximate surface area is 130 Å². The highest BCUT2D eigenvalue weighted by molar-refractivity contribution is 5.89. The molecule has 3 atom stereocenters. The Hall–Kier alpha value is -2.05. The molecule has 7 heteroatoms. The first-order chi connectivity index (χ1) is 10.4. The summed E-state index contributed by atoms with van der Waals surface area (Å²) in [7, 11) is 0. The molecule has 1 aromatic rings. The summed E-state index contributed by atoms with van der Waals surface area (Å²) in [6, 6.07) is 1.20. The Morgan fingerprint density at radius 1 is 1.45 bits per heavy atom. The van der Waals surface area contributed by atoms with E-state index in [0.717, 1.165) is 12.8 Å². The number of carbonyl (C=O) groups excluding carboxylic acids is 2. The van der Waals surface area contributed by atoms with E-state index in [0.29, 0.717) is 18.2 Å². The number of urea groups is 1. The Morgan fingerprint density at radius 2 is 2.18 bits per heavy atom. The van der Waals surface area contributed by atoms with Crippen LogP contribution in [0.1, 0.15) is 39.4 Å². The number of aromatic nitrogens is 1. The molecule has 7 nitrogen and oxygen atoms in total. The number of rotatable bonds is 3. The molecule has 122 valence electrons. The molecule has 0 aliphatic carbocycles. The Morgan fingerprint density at radius 3 is 2.77 bits per heavy atom. The van der Waals surface area contributed by atoms with Crippen LogP contribution in [0.5, 0.6) is 0 Å². The van der Waals surface area contributed by atoms with Gasteiger partial charge in [0.2, 0.25) is 0 Å². The Bertz CT molecular complexity index is 543. The van der Waals surface area contributed by atoms with E-state index >= 15 is 0 Å². The lowest BCUT2D eigenvalue weighted by Gasteiger charge is -2.42. The number of likely N-dealkylation sites (tertiary alicyclic amines) is 1. The zero-order valence-electron chi connectivity index (χ0n) is 13.5. The van der Waals surface area contributed by atoms with Gasteiger partial charge in [0.25, 0.3) is 0 Å². The number of ether oxygens (including phenoxy) is 1. The molecule has 22 heavy (non-hydrogen) atoms. The van der Waals surface area contributed by atoms with Crippen LogP contribution in [-0.2, 0) is 9.53 Å². The summed E-state index contributed by atoms with van der Waals surface area (Å²) < 4.78 is 10.1. The minimum atomic E-state index is -0.291. The fraction of sp³-hybridized carbons (Fsp3) is 0.667. The monoisotopic (exact) mass is 309 g/mol. The number of piperidine rings is 1. The van der Waals surface area contributed by atoms with E-state index in [-0.39, 0.29) is 30.0 Å². The summed E-state index contributed by atoms with van der Waals surface area (Å²) >= 11 is 0. The number of nitrogens with one attached hydrogen (secondary N) is 1. The van der Waals surface area contributed by atoms with Gasteiger partial charge in [-0.05, 0) is 40.5 Å². The maximum Gasteiger partial charge on any atom is 0.323 e. The van der Waals surface area contributed by atoms with Gasteiger partial charge in [0.1, 0.15) is 5.76 Å². The zero-order chi connectivity index (χ0) is 16.3. The van der Waals surface area contributed by atoms with E-state index in [9.17, 15) is 9.59 Å². The van der Waals surface area contributed by atoms with E-state index in [1.165, 1.54) is 0 Å². The van der Waals surface area contributed by atoms with Crippen LogP contribution in [0.15, 0.2) is 10.6 Å². The maximum absolute atomic E-state index is 12.5. The molecular formula is C15H23N3O4. The second-order valence-corrected chi connectivity index (χ2v) is 5.69. The summed E-state index contributed by atoms with van der Waals surface area (Å²) in [6.45, 7) is 7.75. The van der Waals surface area contributed by atoms with Gasteiger partial charge in [0.05, 0.1) is 12.5 Å². The molecular weight excluding hydrogens is 286 g/mol. The van der Waals surface area contributed by atoms with Gasteiger partial charge in [-0.1, -0.05) is 5.16 Å². The van der Waals surface area contributed by atoms with Crippen LogP contribution in [0.3, 0.4) is 0 Å². The summed E-state index contributed by atoms with van der Waals surface area (Å²) in [4.78, 5) is 26.2. The van der Waals surface area contributed by atoms with Crippen LogP contribution in [-0.4, -0.2) is 40.7 Å². The molecule has 1 aliphatic rings. The molecule has 0 saturated carbocycles. The van der Waals surface area contributed by atoms with Crippen molar-refractivity contribution < 1.29 is 18.8 Å². The van der Waals surface area contributed by atoms with E-state index in [4.69, 9.17) is 9.26 Å². The third-order valence-corrected chi connectivity index (χ3v) is 4.08. The first kappa shape index (κ1) is 16.3. The van der Waals surface area contributed by atoms with Crippen LogP contribution in [0.25, 0.3) is 0 Å². The average molecular weight is 309 g/mol. The van der Waals surface area contributed by atoms with E-state index in [1.807, 2.05) is 13.8 Å². The maximum atomic E-state index is 12.5. The first-order valence-corrected chi connectivity index (χ1v) is 7.63.